The van der Waals surface area contributed by atoms with Crippen LogP contribution < -0.4 is 4.74 Å². The quantitative estimate of drug-likeness (QED) is 0.235. The minimum Gasteiger partial charge on any atom is -0.490 e. The van der Waals surface area contributed by atoms with Gasteiger partial charge in [-0.25, -0.2) is 13.6 Å². The zero-order valence-electron chi connectivity index (χ0n) is 21.0. The highest BCUT2D eigenvalue weighted by molar-refractivity contribution is 5.75. The summed E-state index contributed by atoms with van der Waals surface area (Å²) < 4.78 is 54.1. The van der Waals surface area contributed by atoms with Crippen LogP contribution in [-0.4, -0.2) is 24.9 Å². The van der Waals surface area contributed by atoms with E-state index < -0.39 is 23.8 Å². The molecule has 192 valence electrons. The molecule has 0 spiro atoms. The molecule has 3 nitrogen and oxygen atoms in total. The van der Waals surface area contributed by atoms with Crippen molar-refractivity contribution >= 4 is 5.97 Å². The fraction of sp³-hybridized carbons (Fsp3) is 0.552. The van der Waals surface area contributed by atoms with E-state index in [0.717, 1.165) is 37.7 Å². The molecule has 0 saturated heterocycles. The van der Waals surface area contributed by atoms with E-state index >= 15 is 0 Å². The zero-order chi connectivity index (χ0) is 25.4. The van der Waals surface area contributed by atoms with Gasteiger partial charge in [0.25, 0.3) is 0 Å². The summed E-state index contributed by atoms with van der Waals surface area (Å²) in [6.45, 7) is 6.00. The van der Waals surface area contributed by atoms with Gasteiger partial charge in [-0.2, -0.15) is 4.39 Å². The Morgan fingerprint density at radius 1 is 0.971 bits per heavy atom. The van der Waals surface area contributed by atoms with Gasteiger partial charge in [-0.15, -0.1) is 0 Å². The molecule has 0 N–H and O–H groups in total. The summed E-state index contributed by atoms with van der Waals surface area (Å²) in [4.78, 5) is 12.0. The summed E-state index contributed by atoms with van der Waals surface area (Å²) in [5.74, 6) is -2.73. The van der Waals surface area contributed by atoms with E-state index in [4.69, 9.17) is 9.47 Å². The van der Waals surface area contributed by atoms with Gasteiger partial charge in [-0.05, 0) is 67.2 Å². The predicted molar refractivity (Wildman–Crippen MR) is 132 cm³/mol. The fourth-order valence-corrected chi connectivity index (χ4v) is 4.52. The van der Waals surface area contributed by atoms with Crippen LogP contribution in [-0.2, 0) is 9.53 Å². The number of halogens is 3. The van der Waals surface area contributed by atoms with E-state index in [-0.39, 0.29) is 29.3 Å². The molecule has 6 heteroatoms. The molecule has 0 unspecified atom stereocenters. The summed E-state index contributed by atoms with van der Waals surface area (Å²) >= 11 is 0. The van der Waals surface area contributed by atoms with Gasteiger partial charge in [0.1, 0.15) is 6.10 Å². The van der Waals surface area contributed by atoms with Crippen molar-refractivity contribution in [2.75, 3.05) is 6.61 Å². The lowest BCUT2D eigenvalue weighted by atomic mass is 9.82. The first-order valence-corrected chi connectivity index (χ1v) is 12.9. The van der Waals surface area contributed by atoms with E-state index in [9.17, 15) is 18.0 Å². The number of ether oxygens (including phenoxy) is 2. The third-order valence-corrected chi connectivity index (χ3v) is 7.07. The maximum absolute atomic E-state index is 14.7. The largest absolute Gasteiger partial charge is 0.490 e. The van der Waals surface area contributed by atoms with Crippen molar-refractivity contribution in [1.29, 1.82) is 0 Å². The van der Waals surface area contributed by atoms with Crippen LogP contribution in [0.3, 0.4) is 0 Å². The molecule has 0 amide bonds. The summed E-state index contributed by atoms with van der Waals surface area (Å²) in [5, 5.41) is 0. The molecule has 0 radical (unpaired) electrons. The minimum absolute atomic E-state index is 0.0559. The Bertz CT molecular complexity index is 952. The van der Waals surface area contributed by atoms with Gasteiger partial charge in [0, 0.05) is 5.56 Å². The number of rotatable bonds is 11. The molecule has 1 fully saturated rings. The highest BCUT2D eigenvalue weighted by atomic mass is 19.2. The number of carbonyl (C=O) groups excluding carboxylic acids is 1. The minimum atomic E-state index is -1.57. The monoisotopic (exact) mass is 490 g/mol. The van der Waals surface area contributed by atoms with Crippen molar-refractivity contribution in [3.8, 4) is 16.9 Å². The van der Waals surface area contributed by atoms with Crippen LogP contribution in [0, 0.1) is 17.6 Å². The molecule has 35 heavy (non-hydrogen) atoms. The standard InChI is InChI=1S/C29H37F3O3/c1-4-6-7-18-34-25-17-16-24(27(31)28(25)32)22-10-8-20(9-11-22)21-12-14-23(15-13-21)35-29(33)26(30)19(3)5-2/h8-11,16-17,19,21,23,26H,4-7,12-15,18H2,1-3H3/t19-,21?,23?,26-/m0/s1. The van der Waals surface area contributed by atoms with Crippen LogP contribution in [0.25, 0.3) is 11.1 Å². The highest BCUT2D eigenvalue weighted by Gasteiger charge is 2.30. The third-order valence-electron chi connectivity index (χ3n) is 7.07. The highest BCUT2D eigenvalue weighted by Crippen LogP contribution is 2.36. The second-order valence-corrected chi connectivity index (χ2v) is 9.61. The molecule has 1 aliphatic carbocycles. The lowest BCUT2D eigenvalue weighted by Gasteiger charge is -2.29. The van der Waals surface area contributed by atoms with Crippen molar-refractivity contribution in [2.45, 2.75) is 90.3 Å². The van der Waals surface area contributed by atoms with Gasteiger partial charge in [0.15, 0.2) is 17.7 Å². The molecule has 2 aromatic rings. The lowest BCUT2D eigenvalue weighted by molar-refractivity contribution is -0.158. The van der Waals surface area contributed by atoms with E-state index in [1.165, 1.54) is 6.07 Å². The number of alkyl halides is 1. The van der Waals surface area contributed by atoms with Crippen LogP contribution in [0.15, 0.2) is 36.4 Å². The molecule has 0 bridgehead atoms. The molecule has 1 saturated carbocycles. The summed E-state index contributed by atoms with van der Waals surface area (Å²) in [7, 11) is 0. The van der Waals surface area contributed by atoms with Gasteiger partial charge >= 0.3 is 5.97 Å². The Hall–Kier alpha value is -2.50. The lowest BCUT2D eigenvalue weighted by Crippen LogP contribution is -2.31. The zero-order valence-corrected chi connectivity index (χ0v) is 21.0. The van der Waals surface area contributed by atoms with Crippen molar-refractivity contribution in [3.63, 3.8) is 0 Å². The van der Waals surface area contributed by atoms with Crippen LogP contribution in [0.2, 0.25) is 0 Å². The first kappa shape index (κ1) is 27.1. The van der Waals surface area contributed by atoms with Gasteiger partial charge in [0.05, 0.1) is 6.61 Å². The normalized spacial score (nSPS) is 19.7. The Morgan fingerprint density at radius 3 is 2.29 bits per heavy atom. The number of unbranched alkanes of at least 4 members (excludes halogenated alkanes) is 2. The maximum Gasteiger partial charge on any atom is 0.341 e. The predicted octanol–water partition coefficient (Wildman–Crippen LogP) is 8.15. The molecule has 3 rings (SSSR count). The molecular weight excluding hydrogens is 453 g/mol. The smallest absolute Gasteiger partial charge is 0.341 e. The van der Waals surface area contributed by atoms with Gasteiger partial charge in [0.2, 0.25) is 5.82 Å². The number of hydrogen-bond acceptors (Lipinski definition) is 3. The van der Waals surface area contributed by atoms with E-state index in [2.05, 4.69) is 6.92 Å². The first-order valence-electron chi connectivity index (χ1n) is 12.9. The topological polar surface area (TPSA) is 35.5 Å². The van der Waals surface area contributed by atoms with Crippen molar-refractivity contribution in [3.05, 3.63) is 53.6 Å². The number of benzene rings is 2. The molecule has 0 aliphatic heterocycles. The second kappa shape index (κ2) is 13.0. The second-order valence-electron chi connectivity index (χ2n) is 9.61. The van der Waals surface area contributed by atoms with E-state index in [1.807, 2.05) is 19.1 Å². The third kappa shape index (κ3) is 7.02. The molecular formula is C29H37F3O3. The van der Waals surface area contributed by atoms with Crippen molar-refractivity contribution in [2.24, 2.45) is 5.92 Å². The van der Waals surface area contributed by atoms with Gasteiger partial charge in [-0.3, -0.25) is 0 Å². The van der Waals surface area contributed by atoms with E-state index in [1.54, 1.807) is 25.1 Å². The Kier molecular flexibility index (Phi) is 10.1. The number of carbonyl (C=O) groups is 1. The van der Waals surface area contributed by atoms with Crippen LogP contribution in [0.5, 0.6) is 5.75 Å². The van der Waals surface area contributed by atoms with Gasteiger partial charge in [-0.1, -0.05) is 64.3 Å². The Morgan fingerprint density at radius 2 is 1.66 bits per heavy atom. The Balaban J connectivity index is 1.57. The van der Waals surface area contributed by atoms with Crippen molar-refractivity contribution < 1.29 is 27.4 Å². The first-order chi connectivity index (χ1) is 16.8. The summed E-state index contributed by atoms with van der Waals surface area (Å²) in [5.41, 5.74) is 1.91. The summed E-state index contributed by atoms with van der Waals surface area (Å²) in [6, 6.07) is 10.5. The van der Waals surface area contributed by atoms with Crippen LogP contribution >= 0.6 is 0 Å². The fourth-order valence-electron chi connectivity index (χ4n) is 4.52. The molecule has 2 aromatic carbocycles. The summed E-state index contributed by atoms with van der Waals surface area (Å²) in [6.07, 6.45) is 4.61. The van der Waals surface area contributed by atoms with Crippen LogP contribution in [0.4, 0.5) is 13.2 Å². The average Bonchev–Trinajstić information content (AvgIpc) is 2.88. The van der Waals surface area contributed by atoms with Crippen LogP contribution in [0.1, 0.15) is 83.6 Å². The Labute approximate surface area is 207 Å². The number of hydrogen-bond donors (Lipinski definition) is 0. The van der Waals surface area contributed by atoms with Crippen molar-refractivity contribution in [1.82, 2.24) is 0 Å². The maximum atomic E-state index is 14.7. The average molecular weight is 491 g/mol. The number of esters is 1. The van der Waals surface area contributed by atoms with E-state index in [0.29, 0.717) is 31.4 Å². The molecule has 2 atom stereocenters. The molecule has 1 aliphatic rings. The molecule has 0 heterocycles. The SMILES string of the molecule is CCCCCOc1ccc(-c2ccc(C3CCC(OC(=O)[C@@H](F)[C@@H](C)CC)CC3)cc2)c(F)c1F. The van der Waals surface area contributed by atoms with Gasteiger partial charge < -0.3 is 9.47 Å². The molecule has 0 aromatic heterocycles.